The molecule has 31 heavy (non-hydrogen) atoms. The van der Waals surface area contributed by atoms with Gasteiger partial charge in [-0.1, -0.05) is 17.7 Å². The number of amidine groups is 1. The van der Waals surface area contributed by atoms with Gasteiger partial charge in [0.1, 0.15) is 24.0 Å². The third-order valence-electron chi connectivity index (χ3n) is 6.41. The maximum Gasteiger partial charge on any atom is 0.416 e. The van der Waals surface area contributed by atoms with Crippen molar-refractivity contribution < 1.29 is 27.8 Å². The van der Waals surface area contributed by atoms with Gasteiger partial charge in [0.2, 0.25) is 0 Å². The molecule has 2 aromatic carbocycles. The number of rotatable bonds is 1. The number of hydrogen-bond acceptors (Lipinski definition) is 5. The lowest BCUT2D eigenvalue weighted by molar-refractivity contribution is -0.137. The molecular formula is C22H20ClF3N2O3. The molecule has 4 atom stereocenters. The molecule has 0 aromatic heterocycles. The summed E-state index contributed by atoms with van der Waals surface area (Å²) in [6, 6.07) is 8.73. The normalized spacial score (nSPS) is 29.6. The minimum atomic E-state index is -4.51. The number of nitrogens with two attached hydrogens (primary N) is 1. The lowest BCUT2D eigenvalue weighted by Gasteiger charge is -2.47. The Morgan fingerprint density at radius 3 is 2.65 bits per heavy atom. The molecule has 1 fully saturated rings. The van der Waals surface area contributed by atoms with Crippen molar-refractivity contribution >= 4 is 17.6 Å². The molecule has 0 amide bonds. The van der Waals surface area contributed by atoms with Gasteiger partial charge in [0, 0.05) is 16.5 Å². The van der Waals surface area contributed by atoms with Gasteiger partial charge in [-0.3, -0.25) is 0 Å². The minimum Gasteiger partial charge on any atom is -0.490 e. The van der Waals surface area contributed by atoms with E-state index in [4.69, 9.17) is 26.8 Å². The Labute approximate surface area is 181 Å². The van der Waals surface area contributed by atoms with E-state index >= 15 is 0 Å². The molecule has 1 saturated carbocycles. The second kappa shape index (κ2) is 7.03. The summed E-state index contributed by atoms with van der Waals surface area (Å²) < 4.78 is 51.6. The highest BCUT2D eigenvalue weighted by Gasteiger charge is 2.55. The van der Waals surface area contributed by atoms with E-state index in [0.717, 1.165) is 12.1 Å². The van der Waals surface area contributed by atoms with E-state index in [1.54, 1.807) is 18.2 Å². The summed E-state index contributed by atoms with van der Waals surface area (Å²) in [5.41, 5.74) is 5.77. The smallest absolute Gasteiger partial charge is 0.416 e. The average Bonchev–Trinajstić information content (AvgIpc) is 3.10. The number of fused-ring (bicyclic) bond motifs is 4. The van der Waals surface area contributed by atoms with Crippen LogP contribution in [0.15, 0.2) is 41.4 Å². The molecule has 2 aliphatic heterocycles. The maximum absolute atomic E-state index is 13.3. The number of nitrogens with zero attached hydrogens (tertiary/aromatic N) is 1. The molecule has 0 bridgehead atoms. The topological polar surface area (TPSA) is 77.1 Å². The highest BCUT2D eigenvalue weighted by molar-refractivity contribution is 6.31. The molecule has 9 heteroatoms. The number of halogens is 4. The minimum absolute atomic E-state index is 0.00422. The first-order chi connectivity index (χ1) is 14.7. The lowest BCUT2D eigenvalue weighted by atomic mass is 9.67. The van der Waals surface area contributed by atoms with Crippen LogP contribution in [0.4, 0.5) is 13.2 Å². The van der Waals surface area contributed by atoms with Crippen LogP contribution in [0, 0.1) is 5.92 Å². The fourth-order valence-corrected chi connectivity index (χ4v) is 5.21. The van der Waals surface area contributed by atoms with Crippen LogP contribution in [0.25, 0.3) is 11.1 Å². The zero-order valence-corrected chi connectivity index (χ0v) is 17.1. The van der Waals surface area contributed by atoms with Gasteiger partial charge in [-0.25, -0.2) is 4.99 Å². The average molecular weight is 453 g/mol. The Morgan fingerprint density at radius 2 is 1.94 bits per heavy atom. The number of aliphatic hydroxyl groups is 1. The number of ether oxygens (including phenoxy) is 2. The molecule has 5 nitrogen and oxygen atoms in total. The van der Waals surface area contributed by atoms with Crippen LogP contribution in [-0.4, -0.2) is 29.9 Å². The molecule has 0 saturated heterocycles. The van der Waals surface area contributed by atoms with Gasteiger partial charge in [0.15, 0.2) is 0 Å². The predicted molar refractivity (Wildman–Crippen MR) is 109 cm³/mol. The van der Waals surface area contributed by atoms with Crippen molar-refractivity contribution in [2.45, 2.75) is 43.2 Å². The van der Waals surface area contributed by atoms with Gasteiger partial charge < -0.3 is 20.3 Å². The SMILES string of the molecule is NC1=NC2(CO1)c1cc(-c3cc(Cl)cc(C(F)(F)F)c3)ccc1O[C@H]1CC[C@H](O)C[C@@H]12. The highest BCUT2D eigenvalue weighted by atomic mass is 35.5. The summed E-state index contributed by atoms with van der Waals surface area (Å²) in [7, 11) is 0. The zero-order chi connectivity index (χ0) is 22.0. The summed E-state index contributed by atoms with van der Waals surface area (Å²) in [5.74, 6) is 0.437. The van der Waals surface area contributed by atoms with E-state index in [1.807, 2.05) is 0 Å². The quantitative estimate of drug-likeness (QED) is 0.668. The maximum atomic E-state index is 13.3. The molecule has 2 heterocycles. The van der Waals surface area contributed by atoms with Gasteiger partial charge in [-0.2, -0.15) is 13.2 Å². The summed E-state index contributed by atoms with van der Waals surface area (Å²) in [4.78, 5) is 4.62. The predicted octanol–water partition coefficient (Wildman–Crippen LogP) is 4.49. The third-order valence-corrected chi connectivity index (χ3v) is 6.62. The number of aliphatic hydroxyl groups excluding tert-OH is 1. The molecule has 2 aromatic rings. The molecule has 0 radical (unpaired) electrons. The Hall–Kier alpha value is -2.45. The van der Waals surface area contributed by atoms with Crippen molar-refractivity contribution in [3.05, 3.63) is 52.5 Å². The molecule has 1 aliphatic carbocycles. The highest BCUT2D eigenvalue weighted by Crippen LogP contribution is 2.53. The zero-order valence-electron chi connectivity index (χ0n) is 16.3. The first-order valence-electron chi connectivity index (χ1n) is 10.0. The van der Waals surface area contributed by atoms with E-state index in [2.05, 4.69) is 4.99 Å². The number of aliphatic imine (C=N–C) groups is 1. The second-order valence-electron chi connectivity index (χ2n) is 8.33. The first kappa shape index (κ1) is 20.5. The van der Waals surface area contributed by atoms with Crippen LogP contribution in [0.2, 0.25) is 5.02 Å². The van der Waals surface area contributed by atoms with Crippen LogP contribution in [0.5, 0.6) is 5.75 Å². The fraction of sp³-hybridized carbons (Fsp3) is 0.409. The Balaban J connectivity index is 1.65. The van der Waals surface area contributed by atoms with Crippen LogP contribution in [0.1, 0.15) is 30.4 Å². The molecule has 5 rings (SSSR count). The number of hydrogen-bond donors (Lipinski definition) is 2. The van der Waals surface area contributed by atoms with Crippen molar-refractivity contribution in [3.63, 3.8) is 0 Å². The summed E-state index contributed by atoms with van der Waals surface area (Å²) >= 11 is 5.99. The van der Waals surface area contributed by atoms with Crippen molar-refractivity contribution in [2.24, 2.45) is 16.6 Å². The van der Waals surface area contributed by atoms with Crippen LogP contribution in [-0.2, 0) is 16.5 Å². The molecule has 3 N–H and O–H groups in total. The van der Waals surface area contributed by atoms with Gasteiger partial charge >= 0.3 is 6.18 Å². The largest absolute Gasteiger partial charge is 0.490 e. The Morgan fingerprint density at radius 1 is 1.13 bits per heavy atom. The lowest BCUT2D eigenvalue weighted by Crippen LogP contribution is -2.51. The molecule has 164 valence electrons. The molecule has 3 aliphatic rings. The fourth-order valence-electron chi connectivity index (χ4n) is 4.97. The summed E-state index contributed by atoms with van der Waals surface area (Å²) in [6.07, 6.45) is -3.36. The molecule has 1 unspecified atom stereocenters. The van der Waals surface area contributed by atoms with Gasteiger partial charge in [0.25, 0.3) is 6.02 Å². The van der Waals surface area contributed by atoms with Crippen molar-refractivity contribution in [1.29, 1.82) is 0 Å². The van der Waals surface area contributed by atoms with Crippen molar-refractivity contribution in [3.8, 4) is 16.9 Å². The molecule has 1 spiro atoms. The van der Waals surface area contributed by atoms with Gasteiger partial charge in [0.05, 0.1) is 11.7 Å². The summed E-state index contributed by atoms with van der Waals surface area (Å²) in [6.45, 7) is 0.190. The van der Waals surface area contributed by atoms with E-state index < -0.39 is 23.4 Å². The first-order valence-corrected chi connectivity index (χ1v) is 10.4. The Bertz CT molecular complexity index is 1070. The van der Waals surface area contributed by atoms with Crippen molar-refractivity contribution in [2.75, 3.05) is 6.61 Å². The second-order valence-corrected chi connectivity index (χ2v) is 8.77. The van der Waals surface area contributed by atoms with E-state index in [-0.39, 0.29) is 29.7 Å². The number of benzene rings is 2. The standard InChI is InChI=1S/C22H20ClF3N2O3/c23-14-6-12(5-13(8-14)22(24,25)26)11-1-3-18-16(7-11)21(10-30-20(27)28-21)17-9-15(29)2-4-19(17)31-18/h1,3,5-8,15,17,19,29H,2,4,9-10H2,(H2,27,28)/t15-,17-,19-,21?/m0/s1. The Kier molecular flexibility index (Phi) is 4.64. The van der Waals surface area contributed by atoms with Crippen LogP contribution < -0.4 is 10.5 Å². The van der Waals surface area contributed by atoms with Crippen LogP contribution >= 0.6 is 11.6 Å². The summed E-state index contributed by atoms with van der Waals surface area (Å²) in [5, 5.41) is 10.3. The third kappa shape index (κ3) is 3.42. The van der Waals surface area contributed by atoms with E-state index in [1.165, 1.54) is 6.07 Å². The van der Waals surface area contributed by atoms with E-state index in [9.17, 15) is 18.3 Å². The van der Waals surface area contributed by atoms with Crippen molar-refractivity contribution in [1.82, 2.24) is 0 Å². The van der Waals surface area contributed by atoms with Gasteiger partial charge in [-0.05, 0) is 60.7 Å². The molecular weight excluding hydrogens is 433 g/mol. The van der Waals surface area contributed by atoms with Gasteiger partial charge in [-0.15, -0.1) is 0 Å². The monoisotopic (exact) mass is 452 g/mol. The number of alkyl halides is 3. The van der Waals surface area contributed by atoms with Crippen LogP contribution in [0.3, 0.4) is 0 Å². The van der Waals surface area contributed by atoms with E-state index in [0.29, 0.717) is 41.7 Å².